The minimum absolute atomic E-state index is 0.242. The predicted molar refractivity (Wildman–Crippen MR) is 127 cm³/mol. The fraction of sp³-hybridized carbons (Fsp3) is 0.167. The van der Waals surface area contributed by atoms with Gasteiger partial charge in [-0.25, -0.2) is 9.99 Å². The number of aromatic nitrogens is 2. The summed E-state index contributed by atoms with van der Waals surface area (Å²) < 4.78 is 6.81. The maximum Gasteiger partial charge on any atom is 0.263 e. The van der Waals surface area contributed by atoms with E-state index in [1.165, 1.54) is 28.0 Å². The van der Waals surface area contributed by atoms with E-state index in [2.05, 4.69) is 10.1 Å². The van der Waals surface area contributed by atoms with Crippen molar-refractivity contribution in [3.63, 3.8) is 0 Å². The molecule has 5 rings (SSSR count). The summed E-state index contributed by atoms with van der Waals surface area (Å²) in [6.45, 7) is 1.77. The molecular weight excluding hydrogens is 463 g/mol. The number of fused-ring (bicyclic) bond motifs is 1. The Morgan fingerprint density at radius 1 is 1.18 bits per heavy atom. The zero-order valence-electron chi connectivity index (χ0n) is 17.5. The molecule has 1 aliphatic rings. The lowest BCUT2D eigenvalue weighted by Gasteiger charge is -2.20. The molecule has 2 aromatic carbocycles. The minimum atomic E-state index is -0.408. The Hall–Kier alpha value is -3.42. The Morgan fingerprint density at radius 2 is 1.97 bits per heavy atom. The van der Waals surface area contributed by atoms with Crippen LogP contribution in [0.15, 0.2) is 75.4 Å². The Labute approximate surface area is 198 Å². The van der Waals surface area contributed by atoms with Crippen LogP contribution in [0, 0.1) is 6.92 Å². The Balaban J connectivity index is 1.49. The fourth-order valence-corrected chi connectivity index (χ4v) is 4.43. The summed E-state index contributed by atoms with van der Waals surface area (Å²) in [4.78, 5) is 30.6. The van der Waals surface area contributed by atoms with Crippen molar-refractivity contribution < 1.29 is 9.21 Å². The fourth-order valence-electron chi connectivity index (χ4n) is 3.89. The van der Waals surface area contributed by atoms with Crippen molar-refractivity contribution in [2.75, 3.05) is 0 Å². The zero-order valence-corrected chi connectivity index (χ0v) is 19.0. The minimum Gasteiger partial charge on any atom is -0.467 e. The summed E-state index contributed by atoms with van der Waals surface area (Å²) in [7, 11) is 0. The molecule has 0 spiro atoms. The second-order valence-electron chi connectivity index (χ2n) is 7.85. The van der Waals surface area contributed by atoms with E-state index in [-0.39, 0.29) is 22.9 Å². The van der Waals surface area contributed by atoms with Crippen molar-refractivity contribution in [3.8, 4) is 0 Å². The van der Waals surface area contributed by atoms with Crippen molar-refractivity contribution in [1.82, 2.24) is 14.6 Å². The number of hydrogen-bond acceptors (Lipinski definition) is 5. The van der Waals surface area contributed by atoms with Crippen LogP contribution in [0.4, 0.5) is 0 Å². The maximum absolute atomic E-state index is 13.3. The van der Waals surface area contributed by atoms with Crippen molar-refractivity contribution in [2.24, 2.45) is 5.10 Å². The van der Waals surface area contributed by atoms with Gasteiger partial charge in [-0.2, -0.15) is 5.10 Å². The molecule has 1 atom stereocenters. The number of carbonyl (C=O) groups excluding carboxylic acids is 1. The topological polar surface area (TPSA) is 80.7 Å². The van der Waals surface area contributed by atoms with Gasteiger partial charge in [-0.05, 0) is 36.8 Å². The van der Waals surface area contributed by atoms with Crippen molar-refractivity contribution in [3.05, 3.63) is 98.4 Å². The normalized spacial score (nSPS) is 15.8. The zero-order chi connectivity index (χ0) is 23.1. The predicted octanol–water partition coefficient (Wildman–Crippen LogP) is 4.98. The van der Waals surface area contributed by atoms with Gasteiger partial charge in [0.05, 0.1) is 34.2 Å². The first-order valence-electron chi connectivity index (χ1n) is 10.2. The SMILES string of the molecule is Cc1ccc(C2=NN(C(=O)Cn3cnc4c(Cl)cc(Cl)cc4c3=O)[C@@H](c3ccco3)C2)cc1. The van der Waals surface area contributed by atoms with Gasteiger partial charge in [-0.1, -0.05) is 53.0 Å². The standard InChI is InChI=1S/C24H18Cl2N4O3/c1-14-4-6-15(7-5-14)19-11-20(21-3-2-8-33-21)30(28-19)22(31)12-29-13-27-23-17(24(29)32)9-16(25)10-18(23)26/h2-10,13,20H,11-12H2,1H3/t20-/m1/s1. The smallest absolute Gasteiger partial charge is 0.263 e. The average molecular weight is 481 g/mol. The van der Waals surface area contributed by atoms with E-state index < -0.39 is 11.6 Å². The number of rotatable bonds is 4. The highest BCUT2D eigenvalue weighted by Crippen LogP contribution is 2.33. The molecule has 33 heavy (non-hydrogen) atoms. The molecule has 0 radical (unpaired) electrons. The third-order valence-electron chi connectivity index (χ3n) is 5.57. The summed E-state index contributed by atoms with van der Waals surface area (Å²) in [6, 6.07) is 14.2. The highest BCUT2D eigenvalue weighted by Gasteiger charge is 2.35. The van der Waals surface area contributed by atoms with Gasteiger partial charge in [0.2, 0.25) is 0 Å². The van der Waals surface area contributed by atoms with Crippen molar-refractivity contribution >= 4 is 45.7 Å². The quantitative estimate of drug-likeness (QED) is 0.412. The van der Waals surface area contributed by atoms with Gasteiger partial charge in [-0.3, -0.25) is 14.2 Å². The number of nitrogens with zero attached hydrogens (tertiary/aromatic N) is 4. The molecule has 1 aliphatic heterocycles. The van der Waals surface area contributed by atoms with Gasteiger partial charge >= 0.3 is 0 Å². The summed E-state index contributed by atoms with van der Waals surface area (Å²) in [6.07, 6.45) is 3.37. The van der Waals surface area contributed by atoms with E-state index in [1.54, 1.807) is 12.3 Å². The molecule has 0 saturated carbocycles. The van der Waals surface area contributed by atoms with Crippen molar-refractivity contribution in [2.45, 2.75) is 25.9 Å². The number of benzene rings is 2. The van der Waals surface area contributed by atoms with Crippen LogP contribution >= 0.6 is 23.2 Å². The lowest BCUT2D eigenvalue weighted by atomic mass is 10.0. The molecule has 9 heteroatoms. The highest BCUT2D eigenvalue weighted by molar-refractivity contribution is 6.38. The molecule has 0 fully saturated rings. The molecule has 0 unspecified atom stereocenters. The first-order valence-corrected chi connectivity index (χ1v) is 11.0. The van der Waals surface area contributed by atoms with Crippen LogP contribution in [0.1, 0.15) is 29.3 Å². The first kappa shape index (κ1) is 21.4. The number of furan rings is 1. The van der Waals surface area contributed by atoms with E-state index in [1.807, 2.05) is 37.3 Å². The van der Waals surface area contributed by atoms with Crippen LogP contribution in [0.2, 0.25) is 10.0 Å². The maximum atomic E-state index is 13.3. The van der Waals surface area contributed by atoms with Gasteiger partial charge in [0, 0.05) is 11.4 Å². The Bertz CT molecular complexity index is 1440. The molecule has 0 saturated heterocycles. The molecule has 0 bridgehead atoms. The summed E-state index contributed by atoms with van der Waals surface area (Å²) in [5.74, 6) is 0.256. The number of hydrazone groups is 1. The summed E-state index contributed by atoms with van der Waals surface area (Å²) in [5, 5.41) is 6.83. The van der Waals surface area contributed by atoms with Gasteiger partial charge in [0.1, 0.15) is 18.3 Å². The number of amides is 1. The number of carbonyl (C=O) groups is 1. The van der Waals surface area contributed by atoms with Crippen LogP contribution in [0.5, 0.6) is 0 Å². The number of halogens is 2. The van der Waals surface area contributed by atoms with Crippen LogP contribution in [0.25, 0.3) is 10.9 Å². The molecule has 1 amide bonds. The second-order valence-corrected chi connectivity index (χ2v) is 8.69. The Kier molecular flexibility index (Phi) is 5.52. The molecule has 0 aliphatic carbocycles. The van der Waals surface area contributed by atoms with E-state index in [9.17, 15) is 9.59 Å². The van der Waals surface area contributed by atoms with Crippen LogP contribution < -0.4 is 5.56 Å². The van der Waals surface area contributed by atoms with Crippen LogP contribution in [-0.4, -0.2) is 26.2 Å². The third kappa shape index (κ3) is 4.05. The van der Waals surface area contributed by atoms with Gasteiger partial charge in [0.25, 0.3) is 11.5 Å². The van der Waals surface area contributed by atoms with Crippen LogP contribution in [-0.2, 0) is 11.3 Å². The number of aryl methyl sites for hydroxylation is 1. The van der Waals surface area contributed by atoms with E-state index >= 15 is 0 Å². The summed E-state index contributed by atoms with van der Waals surface area (Å²) >= 11 is 12.2. The lowest BCUT2D eigenvalue weighted by molar-refractivity contribution is -0.134. The first-order chi connectivity index (χ1) is 15.9. The number of hydrogen-bond donors (Lipinski definition) is 0. The summed E-state index contributed by atoms with van der Waals surface area (Å²) in [5.41, 5.74) is 2.77. The van der Waals surface area contributed by atoms with Crippen LogP contribution in [0.3, 0.4) is 0 Å². The second kappa shape index (κ2) is 8.50. The molecule has 4 aromatic rings. The van der Waals surface area contributed by atoms with E-state index in [4.69, 9.17) is 27.6 Å². The molecule has 3 heterocycles. The van der Waals surface area contributed by atoms with Crippen molar-refractivity contribution in [1.29, 1.82) is 0 Å². The third-order valence-corrected chi connectivity index (χ3v) is 6.08. The molecule has 7 nitrogen and oxygen atoms in total. The largest absolute Gasteiger partial charge is 0.467 e. The monoisotopic (exact) mass is 480 g/mol. The Morgan fingerprint density at radius 3 is 2.70 bits per heavy atom. The molecule has 166 valence electrons. The highest BCUT2D eigenvalue weighted by atomic mass is 35.5. The molecular formula is C24H18Cl2N4O3. The molecule has 0 N–H and O–H groups in total. The molecule has 2 aromatic heterocycles. The lowest BCUT2D eigenvalue weighted by Crippen LogP contribution is -2.34. The average Bonchev–Trinajstić information content (AvgIpc) is 3.46. The van der Waals surface area contributed by atoms with E-state index in [0.717, 1.165) is 16.8 Å². The van der Waals surface area contributed by atoms with Gasteiger partial charge in [-0.15, -0.1) is 0 Å². The van der Waals surface area contributed by atoms with Gasteiger partial charge in [0.15, 0.2) is 0 Å². The van der Waals surface area contributed by atoms with Gasteiger partial charge < -0.3 is 4.42 Å². The van der Waals surface area contributed by atoms with E-state index in [0.29, 0.717) is 22.7 Å².